The number of nitrogens with zero attached hydrogens (tertiary/aromatic N) is 2. The number of hydrogen-bond acceptors (Lipinski definition) is 7. The highest BCUT2D eigenvalue weighted by atomic mass is 32.2. The number of ether oxygens (including phenoxy) is 1. The van der Waals surface area contributed by atoms with Crippen molar-refractivity contribution in [1.82, 2.24) is 15.3 Å². The van der Waals surface area contributed by atoms with Crippen LogP contribution < -0.4 is 5.32 Å². The van der Waals surface area contributed by atoms with Crippen LogP contribution in [0, 0.1) is 10.1 Å². The van der Waals surface area contributed by atoms with Crippen molar-refractivity contribution in [3.63, 3.8) is 0 Å². The number of aromatic nitrogens is 2. The van der Waals surface area contributed by atoms with E-state index in [4.69, 9.17) is 4.74 Å². The van der Waals surface area contributed by atoms with E-state index in [2.05, 4.69) is 15.3 Å². The van der Waals surface area contributed by atoms with E-state index in [1.165, 1.54) is 12.1 Å². The predicted octanol–water partition coefficient (Wildman–Crippen LogP) is 5.89. The lowest BCUT2D eigenvalue weighted by Gasteiger charge is -2.17. The van der Waals surface area contributed by atoms with Crippen LogP contribution in [0.4, 0.5) is 5.69 Å². The fourth-order valence-electron chi connectivity index (χ4n) is 4.46. The number of rotatable bonds is 10. The van der Waals surface area contributed by atoms with E-state index in [0.717, 1.165) is 21.9 Å². The Hall–Kier alpha value is -4.70. The molecule has 2 heterocycles. The Morgan fingerprint density at radius 2 is 1.75 bits per heavy atom. The third kappa shape index (κ3) is 5.81. The number of non-ortho nitro benzene ring substituents is 1. The van der Waals surface area contributed by atoms with Crippen LogP contribution in [0.1, 0.15) is 22.5 Å². The average Bonchev–Trinajstić information content (AvgIpc) is 3.36. The summed E-state index contributed by atoms with van der Waals surface area (Å²) in [4.78, 5) is 45.2. The fourth-order valence-corrected chi connectivity index (χ4v) is 4.93. The smallest absolute Gasteiger partial charge is 0.329 e. The van der Waals surface area contributed by atoms with E-state index in [-0.39, 0.29) is 18.0 Å². The first kappa shape index (κ1) is 26.9. The molecule has 1 amide bonds. The van der Waals surface area contributed by atoms with Crippen molar-refractivity contribution in [3.05, 3.63) is 106 Å². The van der Waals surface area contributed by atoms with Crippen LogP contribution in [0.25, 0.3) is 33.1 Å². The summed E-state index contributed by atoms with van der Waals surface area (Å²) in [5.74, 6) is -0.387. The molecule has 2 N–H and O–H groups in total. The zero-order chi connectivity index (χ0) is 28.1. The second-order valence-corrected chi connectivity index (χ2v) is 10.1. The summed E-state index contributed by atoms with van der Waals surface area (Å²) in [7, 11) is 0. The summed E-state index contributed by atoms with van der Waals surface area (Å²) < 4.78 is 5.52. The SMILES string of the molecule is CSCC[C@H](NC(=O)c1cc2c([nH]c3ccccc32)c(-c2ccc([N+](=O)[O-])cc2)n1)C(=O)OCc1ccccc1. The van der Waals surface area contributed by atoms with Gasteiger partial charge in [-0.15, -0.1) is 0 Å². The van der Waals surface area contributed by atoms with Gasteiger partial charge in [-0.25, -0.2) is 9.78 Å². The van der Waals surface area contributed by atoms with Gasteiger partial charge in [0.05, 0.1) is 16.1 Å². The Morgan fingerprint density at radius 3 is 2.48 bits per heavy atom. The number of esters is 1. The van der Waals surface area contributed by atoms with Crippen LogP contribution in [0.2, 0.25) is 0 Å². The van der Waals surface area contributed by atoms with Gasteiger partial charge in [0, 0.05) is 34.0 Å². The average molecular weight is 555 g/mol. The molecule has 1 atom stereocenters. The molecule has 0 radical (unpaired) electrons. The minimum Gasteiger partial charge on any atom is -0.459 e. The van der Waals surface area contributed by atoms with E-state index in [1.54, 1.807) is 30.0 Å². The van der Waals surface area contributed by atoms with E-state index >= 15 is 0 Å². The van der Waals surface area contributed by atoms with E-state index in [0.29, 0.717) is 28.9 Å². The Bertz CT molecular complexity index is 1690. The number of hydrogen-bond donors (Lipinski definition) is 2. The molecule has 40 heavy (non-hydrogen) atoms. The number of fused-ring (bicyclic) bond motifs is 3. The molecule has 9 nitrogen and oxygen atoms in total. The quantitative estimate of drug-likeness (QED) is 0.125. The van der Waals surface area contributed by atoms with Gasteiger partial charge in [0.25, 0.3) is 11.6 Å². The highest BCUT2D eigenvalue weighted by Crippen LogP contribution is 2.33. The number of nitro groups is 1. The standard InChI is InChI=1S/C30H26N4O5S/c1-40-16-15-25(30(36)39-18-19-7-3-2-4-8-19)33-29(35)26-17-23-22-9-5-6-10-24(22)31-28(23)27(32-26)20-11-13-21(14-12-20)34(37)38/h2-14,17,25,31H,15-16,18H2,1H3,(H,33,35)/t25-/m0/s1. The molecule has 0 aliphatic rings. The maximum absolute atomic E-state index is 13.5. The number of nitrogens with one attached hydrogen (secondary N) is 2. The van der Waals surface area contributed by atoms with Crippen molar-refractivity contribution in [3.8, 4) is 11.3 Å². The highest BCUT2D eigenvalue weighted by molar-refractivity contribution is 7.98. The molecule has 3 aromatic carbocycles. The molecule has 202 valence electrons. The van der Waals surface area contributed by atoms with Gasteiger partial charge >= 0.3 is 5.97 Å². The Kier molecular flexibility index (Phi) is 8.07. The number of amides is 1. The summed E-state index contributed by atoms with van der Waals surface area (Å²) >= 11 is 1.57. The van der Waals surface area contributed by atoms with Gasteiger partial charge < -0.3 is 15.0 Å². The van der Waals surface area contributed by atoms with Gasteiger partial charge in [0.1, 0.15) is 18.3 Å². The lowest BCUT2D eigenvalue weighted by atomic mass is 10.1. The number of H-pyrrole nitrogens is 1. The van der Waals surface area contributed by atoms with Gasteiger partial charge in [-0.05, 0) is 48.3 Å². The first-order valence-corrected chi connectivity index (χ1v) is 14.0. The van der Waals surface area contributed by atoms with Crippen molar-refractivity contribution >= 4 is 51.1 Å². The second kappa shape index (κ2) is 12.0. The third-order valence-corrected chi connectivity index (χ3v) is 7.15. The topological polar surface area (TPSA) is 127 Å². The van der Waals surface area contributed by atoms with Crippen LogP contribution in [-0.2, 0) is 16.1 Å². The molecule has 0 unspecified atom stereocenters. The van der Waals surface area contributed by atoms with Gasteiger partial charge in [-0.2, -0.15) is 11.8 Å². The van der Waals surface area contributed by atoms with Gasteiger partial charge in [0.15, 0.2) is 0 Å². The first-order valence-electron chi connectivity index (χ1n) is 12.6. The summed E-state index contributed by atoms with van der Waals surface area (Å²) in [5.41, 5.74) is 3.58. The van der Waals surface area contributed by atoms with Crippen LogP contribution in [0.5, 0.6) is 0 Å². The van der Waals surface area contributed by atoms with Gasteiger partial charge in [-0.3, -0.25) is 14.9 Å². The molecule has 0 saturated carbocycles. The highest BCUT2D eigenvalue weighted by Gasteiger charge is 2.25. The molecule has 2 aromatic heterocycles. The Morgan fingerprint density at radius 1 is 1.02 bits per heavy atom. The molecule has 0 spiro atoms. The number of thioether (sulfide) groups is 1. The molecule has 0 bridgehead atoms. The number of aromatic amines is 1. The number of nitro benzene ring substituents is 1. The normalized spacial score (nSPS) is 11.8. The van der Waals surface area contributed by atoms with Gasteiger partial charge in [0.2, 0.25) is 0 Å². The van der Waals surface area contributed by atoms with Crippen molar-refractivity contribution in [2.75, 3.05) is 12.0 Å². The lowest BCUT2D eigenvalue weighted by Crippen LogP contribution is -2.42. The summed E-state index contributed by atoms with van der Waals surface area (Å²) in [6.07, 6.45) is 2.32. The fraction of sp³-hybridized carbons (Fsp3) is 0.167. The molecular formula is C30H26N4O5S. The second-order valence-electron chi connectivity index (χ2n) is 9.15. The van der Waals surface area contributed by atoms with E-state index < -0.39 is 22.8 Å². The minimum absolute atomic E-state index is 0.0452. The summed E-state index contributed by atoms with van der Waals surface area (Å²) in [6, 6.07) is 23.9. The maximum Gasteiger partial charge on any atom is 0.329 e. The molecule has 0 saturated heterocycles. The first-order chi connectivity index (χ1) is 19.4. The molecular weight excluding hydrogens is 528 g/mol. The maximum atomic E-state index is 13.5. The molecule has 5 aromatic rings. The number of pyridine rings is 1. The number of carbonyl (C=O) groups excluding carboxylic acids is 2. The van der Waals surface area contributed by atoms with E-state index in [9.17, 15) is 19.7 Å². The largest absolute Gasteiger partial charge is 0.459 e. The van der Waals surface area contributed by atoms with Crippen LogP contribution in [0.15, 0.2) is 84.9 Å². The van der Waals surface area contributed by atoms with Crippen molar-refractivity contribution < 1.29 is 19.2 Å². The monoisotopic (exact) mass is 554 g/mol. The molecule has 0 aliphatic carbocycles. The minimum atomic E-state index is -0.855. The molecule has 0 aliphatic heterocycles. The summed E-state index contributed by atoms with van der Waals surface area (Å²) in [5, 5.41) is 15.7. The van der Waals surface area contributed by atoms with Crippen molar-refractivity contribution in [2.24, 2.45) is 0 Å². The molecule has 5 rings (SSSR count). The van der Waals surface area contributed by atoms with Crippen LogP contribution >= 0.6 is 11.8 Å². The predicted molar refractivity (Wildman–Crippen MR) is 156 cm³/mol. The molecule has 10 heteroatoms. The van der Waals surface area contributed by atoms with Crippen molar-refractivity contribution in [2.45, 2.75) is 19.1 Å². The number of benzene rings is 3. The number of para-hydroxylation sites is 1. The summed E-state index contributed by atoms with van der Waals surface area (Å²) in [6.45, 7) is 0.106. The van der Waals surface area contributed by atoms with Crippen LogP contribution in [-0.4, -0.2) is 44.8 Å². The zero-order valence-electron chi connectivity index (χ0n) is 21.6. The zero-order valence-corrected chi connectivity index (χ0v) is 22.4. The number of carbonyl (C=O) groups is 2. The molecule has 0 fully saturated rings. The van der Waals surface area contributed by atoms with Crippen molar-refractivity contribution in [1.29, 1.82) is 0 Å². The third-order valence-electron chi connectivity index (χ3n) is 6.50. The van der Waals surface area contributed by atoms with E-state index in [1.807, 2.05) is 60.9 Å². The lowest BCUT2D eigenvalue weighted by molar-refractivity contribution is -0.384. The Labute approximate surface area is 234 Å². The Balaban J connectivity index is 1.48. The van der Waals surface area contributed by atoms with Gasteiger partial charge in [-0.1, -0.05) is 48.5 Å². The van der Waals surface area contributed by atoms with Crippen LogP contribution in [0.3, 0.4) is 0 Å².